The molecule has 0 saturated carbocycles. The van der Waals surface area contributed by atoms with Gasteiger partial charge in [0.25, 0.3) is 0 Å². The van der Waals surface area contributed by atoms with Crippen LogP contribution < -0.4 is 5.73 Å². The Balaban J connectivity index is 2.25. The molecule has 1 heterocycles. The van der Waals surface area contributed by atoms with Crippen LogP contribution in [0.1, 0.15) is 0 Å². The topological polar surface area (TPSA) is 52.0 Å². The summed E-state index contributed by atoms with van der Waals surface area (Å²) in [6.07, 6.45) is 0. The standard InChI is InChI=1S/C15H9ClF2N2O/c16-11-6-2-5-10(13(11)18)12-14(20-21-15(12)19)8-3-1-4-9(17)7-8/h1-7H,19H2. The molecule has 0 atom stereocenters. The summed E-state index contributed by atoms with van der Waals surface area (Å²) < 4.78 is 32.5. The van der Waals surface area contributed by atoms with Crippen molar-refractivity contribution in [3.05, 3.63) is 59.1 Å². The van der Waals surface area contributed by atoms with Crippen molar-refractivity contribution in [3.8, 4) is 22.4 Å². The summed E-state index contributed by atoms with van der Waals surface area (Å²) in [6.45, 7) is 0. The van der Waals surface area contributed by atoms with Crippen molar-refractivity contribution in [3.63, 3.8) is 0 Å². The predicted octanol–water partition coefficient (Wildman–Crippen LogP) is 4.52. The van der Waals surface area contributed by atoms with Crippen LogP contribution in [0.15, 0.2) is 47.0 Å². The molecule has 3 aromatic rings. The van der Waals surface area contributed by atoms with Gasteiger partial charge >= 0.3 is 0 Å². The van der Waals surface area contributed by atoms with Gasteiger partial charge in [-0.25, -0.2) is 8.78 Å². The Labute approximate surface area is 123 Å². The van der Waals surface area contributed by atoms with E-state index in [0.29, 0.717) is 5.56 Å². The molecule has 0 unspecified atom stereocenters. The number of benzene rings is 2. The third-order valence-corrected chi connectivity index (χ3v) is 3.33. The van der Waals surface area contributed by atoms with E-state index in [-0.39, 0.29) is 27.7 Å². The molecule has 1 aromatic heterocycles. The van der Waals surface area contributed by atoms with Crippen LogP contribution in [0.4, 0.5) is 14.7 Å². The Kier molecular flexibility index (Phi) is 3.35. The van der Waals surface area contributed by atoms with Crippen LogP contribution in [0.25, 0.3) is 22.4 Å². The van der Waals surface area contributed by atoms with Crippen molar-refractivity contribution < 1.29 is 13.3 Å². The lowest BCUT2D eigenvalue weighted by Gasteiger charge is -2.05. The van der Waals surface area contributed by atoms with Gasteiger partial charge in [0, 0.05) is 11.1 Å². The van der Waals surface area contributed by atoms with E-state index in [0.717, 1.165) is 0 Å². The number of nitrogens with two attached hydrogens (primary N) is 1. The number of hydrogen-bond donors (Lipinski definition) is 1. The van der Waals surface area contributed by atoms with Crippen LogP contribution in [-0.2, 0) is 0 Å². The number of rotatable bonds is 2. The number of aromatic nitrogens is 1. The van der Waals surface area contributed by atoms with E-state index in [9.17, 15) is 8.78 Å². The summed E-state index contributed by atoms with van der Waals surface area (Å²) in [6, 6.07) is 10.2. The number of hydrogen-bond acceptors (Lipinski definition) is 3. The zero-order chi connectivity index (χ0) is 15.0. The summed E-state index contributed by atoms with van der Waals surface area (Å²) in [7, 11) is 0. The fraction of sp³-hybridized carbons (Fsp3) is 0. The molecule has 0 fully saturated rings. The minimum absolute atomic E-state index is 0.0432. The lowest BCUT2D eigenvalue weighted by Crippen LogP contribution is -1.92. The van der Waals surface area contributed by atoms with Gasteiger partial charge in [-0.05, 0) is 18.2 Å². The van der Waals surface area contributed by atoms with Gasteiger partial charge in [-0.1, -0.05) is 41.0 Å². The van der Waals surface area contributed by atoms with Gasteiger partial charge in [0.05, 0.1) is 10.6 Å². The molecular weight excluding hydrogens is 298 g/mol. The monoisotopic (exact) mass is 306 g/mol. The molecule has 106 valence electrons. The summed E-state index contributed by atoms with van der Waals surface area (Å²) in [5.74, 6) is -1.13. The van der Waals surface area contributed by atoms with Crippen molar-refractivity contribution >= 4 is 17.5 Å². The maximum absolute atomic E-state index is 14.2. The fourth-order valence-corrected chi connectivity index (χ4v) is 2.27. The van der Waals surface area contributed by atoms with Gasteiger partial charge < -0.3 is 10.3 Å². The zero-order valence-electron chi connectivity index (χ0n) is 10.6. The van der Waals surface area contributed by atoms with Gasteiger partial charge in [-0.3, -0.25) is 0 Å². The first-order valence-electron chi connectivity index (χ1n) is 6.03. The van der Waals surface area contributed by atoms with Crippen LogP contribution in [-0.4, -0.2) is 5.16 Å². The average Bonchev–Trinajstić information content (AvgIpc) is 2.84. The van der Waals surface area contributed by atoms with Crippen molar-refractivity contribution in [1.29, 1.82) is 0 Å². The first-order valence-corrected chi connectivity index (χ1v) is 6.41. The van der Waals surface area contributed by atoms with Crippen LogP contribution >= 0.6 is 11.6 Å². The smallest absolute Gasteiger partial charge is 0.230 e. The summed E-state index contributed by atoms with van der Waals surface area (Å²) >= 11 is 5.78. The van der Waals surface area contributed by atoms with E-state index in [1.807, 2.05) is 0 Å². The number of halogens is 3. The number of nitrogen functional groups attached to an aromatic ring is 1. The highest BCUT2D eigenvalue weighted by Gasteiger charge is 2.21. The van der Waals surface area contributed by atoms with Crippen molar-refractivity contribution in [2.75, 3.05) is 5.73 Å². The molecule has 0 aliphatic carbocycles. The SMILES string of the molecule is Nc1onc(-c2cccc(F)c2)c1-c1cccc(Cl)c1F. The number of nitrogens with zero attached hydrogens (tertiary/aromatic N) is 1. The Morgan fingerprint density at radius 1 is 1.10 bits per heavy atom. The molecule has 6 heteroatoms. The van der Waals surface area contributed by atoms with Gasteiger partial charge in [-0.2, -0.15) is 0 Å². The Morgan fingerprint density at radius 2 is 1.86 bits per heavy atom. The second-order valence-electron chi connectivity index (χ2n) is 4.38. The van der Waals surface area contributed by atoms with Crippen LogP contribution in [0.2, 0.25) is 5.02 Å². The Morgan fingerprint density at radius 3 is 2.62 bits per heavy atom. The van der Waals surface area contributed by atoms with E-state index in [4.69, 9.17) is 21.9 Å². The minimum atomic E-state index is -0.633. The van der Waals surface area contributed by atoms with E-state index in [1.54, 1.807) is 12.1 Å². The highest BCUT2D eigenvalue weighted by atomic mass is 35.5. The highest BCUT2D eigenvalue weighted by Crippen LogP contribution is 2.38. The van der Waals surface area contributed by atoms with Gasteiger partial charge in [0.2, 0.25) is 5.88 Å². The predicted molar refractivity (Wildman–Crippen MR) is 76.7 cm³/mol. The van der Waals surface area contributed by atoms with E-state index < -0.39 is 11.6 Å². The van der Waals surface area contributed by atoms with Crippen molar-refractivity contribution in [2.24, 2.45) is 0 Å². The van der Waals surface area contributed by atoms with Gasteiger partial charge in [0.1, 0.15) is 17.3 Å². The number of anilines is 1. The molecular formula is C15H9ClF2N2O. The normalized spacial score (nSPS) is 10.8. The molecule has 0 amide bonds. The lowest BCUT2D eigenvalue weighted by atomic mass is 10.0. The summed E-state index contributed by atoms with van der Waals surface area (Å²) in [4.78, 5) is 0. The second kappa shape index (κ2) is 5.18. The summed E-state index contributed by atoms with van der Waals surface area (Å²) in [5.41, 5.74) is 6.83. The van der Waals surface area contributed by atoms with E-state index in [2.05, 4.69) is 5.16 Å². The quantitative estimate of drug-likeness (QED) is 0.757. The third-order valence-electron chi connectivity index (χ3n) is 3.04. The van der Waals surface area contributed by atoms with E-state index in [1.165, 1.54) is 30.3 Å². The summed E-state index contributed by atoms with van der Waals surface area (Å²) in [5, 5.41) is 3.75. The van der Waals surface area contributed by atoms with Crippen LogP contribution in [0, 0.1) is 11.6 Å². The molecule has 0 aliphatic rings. The maximum atomic E-state index is 14.2. The molecule has 21 heavy (non-hydrogen) atoms. The molecule has 3 nitrogen and oxygen atoms in total. The van der Waals surface area contributed by atoms with Gasteiger partial charge in [0.15, 0.2) is 0 Å². The Bertz CT molecular complexity index is 817. The first-order chi connectivity index (χ1) is 10.1. The van der Waals surface area contributed by atoms with Gasteiger partial charge in [-0.15, -0.1) is 0 Å². The maximum Gasteiger partial charge on any atom is 0.230 e. The molecule has 0 saturated heterocycles. The average molecular weight is 307 g/mol. The fourth-order valence-electron chi connectivity index (χ4n) is 2.09. The first kappa shape index (κ1) is 13.6. The molecule has 0 radical (unpaired) electrons. The van der Waals surface area contributed by atoms with Crippen LogP contribution in [0.3, 0.4) is 0 Å². The molecule has 0 aliphatic heterocycles. The Hall–Kier alpha value is -2.40. The lowest BCUT2D eigenvalue weighted by molar-refractivity contribution is 0.439. The molecule has 2 aromatic carbocycles. The second-order valence-corrected chi connectivity index (χ2v) is 4.79. The largest absolute Gasteiger partial charge is 0.367 e. The minimum Gasteiger partial charge on any atom is -0.367 e. The van der Waals surface area contributed by atoms with Crippen LogP contribution in [0.5, 0.6) is 0 Å². The molecule has 2 N–H and O–H groups in total. The van der Waals surface area contributed by atoms with Crippen molar-refractivity contribution in [1.82, 2.24) is 5.16 Å². The molecule has 0 spiro atoms. The van der Waals surface area contributed by atoms with Crippen molar-refractivity contribution in [2.45, 2.75) is 0 Å². The molecule has 0 bridgehead atoms. The zero-order valence-corrected chi connectivity index (χ0v) is 11.4. The highest BCUT2D eigenvalue weighted by molar-refractivity contribution is 6.31. The molecule has 3 rings (SSSR count). The third kappa shape index (κ3) is 2.36. The van der Waals surface area contributed by atoms with E-state index >= 15 is 0 Å².